The van der Waals surface area contributed by atoms with E-state index in [0.717, 1.165) is 25.6 Å². The third-order valence-corrected chi connectivity index (χ3v) is 4.31. The molecule has 0 spiro atoms. The van der Waals surface area contributed by atoms with Crippen LogP contribution in [0.25, 0.3) is 0 Å². The van der Waals surface area contributed by atoms with Gasteiger partial charge in [0.05, 0.1) is 17.3 Å². The first-order chi connectivity index (χ1) is 9.72. The minimum absolute atomic E-state index is 0.0389. The Morgan fingerprint density at radius 2 is 2.10 bits per heavy atom. The van der Waals surface area contributed by atoms with Crippen LogP contribution < -0.4 is 10.6 Å². The van der Waals surface area contributed by atoms with Gasteiger partial charge in [-0.2, -0.15) is 0 Å². The van der Waals surface area contributed by atoms with Crippen LogP contribution in [0.5, 0.6) is 0 Å². The molecule has 1 aromatic rings. The van der Waals surface area contributed by atoms with Crippen molar-refractivity contribution in [3.63, 3.8) is 0 Å². The van der Waals surface area contributed by atoms with Crippen molar-refractivity contribution in [2.24, 2.45) is 0 Å². The Kier molecular flexibility index (Phi) is 4.24. The minimum Gasteiger partial charge on any atom is -0.324 e. The molecule has 2 aliphatic rings. The highest BCUT2D eigenvalue weighted by molar-refractivity contribution is 6.33. The number of nitrogens with zero attached hydrogens (tertiary/aromatic N) is 1. The molecule has 0 radical (unpaired) electrons. The molecule has 108 valence electrons. The number of anilines is 1. The highest BCUT2D eigenvalue weighted by Gasteiger charge is 2.34. The zero-order valence-electron chi connectivity index (χ0n) is 11.4. The van der Waals surface area contributed by atoms with E-state index in [1.165, 1.54) is 12.8 Å². The Labute approximate surface area is 124 Å². The van der Waals surface area contributed by atoms with Crippen molar-refractivity contribution >= 4 is 23.2 Å². The van der Waals surface area contributed by atoms with Crippen molar-refractivity contribution < 1.29 is 4.79 Å². The van der Waals surface area contributed by atoms with Crippen LogP contribution >= 0.6 is 11.6 Å². The molecule has 1 aliphatic carbocycles. The zero-order chi connectivity index (χ0) is 13.9. The largest absolute Gasteiger partial charge is 0.324 e. The number of benzene rings is 1. The first-order valence-corrected chi connectivity index (χ1v) is 7.62. The number of rotatable bonds is 5. The highest BCUT2D eigenvalue weighted by Crippen LogP contribution is 2.29. The van der Waals surface area contributed by atoms with Gasteiger partial charge in [-0.3, -0.25) is 9.69 Å². The van der Waals surface area contributed by atoms with Gasteiger partial charge in [0.25, 0.3) is 0 Å². The normalized spacial score (nSPS) is 22.9. The Morgan fingerprint density at radius 3 is 2.85 bits per heavy atom. The molecule has 1 unspecified atom stereocenters. The van der Waals surface area contributed by atoms with Crippen molar-refractivity contribution in [2.45, 2.75) is 31.3 Å². The van der Waals surface area contributed by atoms with Gasteiger partial charge in [0, 0.05) is 25.2 Å². The van der Waals surface area contributed by atoms with E-state index in [9.17, 15) is 4.79 Å². The predicted octanol–water partition coefficient (Wildman–Crippen LogP) is 2.10. The highest BCUT2D eigenvalue weighted by atomic mass is 35.5. The Balaban J connectivity index is 1.42. The summed E-state index contributed by atoms with van der Waals surface area (Å²) in [6, 6.07) is 8.55. The Hall–Kier alpha value is -1.10. The number of amides is 1. The fourth-order valence-corrected chi connectivity index (χ4v) is 2.90. The number of carbonyl (C=O) groups is 1. The van der Waals surface area contributed by atoms with Gasteiger partial charge in [0.15, 0.2) is 0 Å². The smallest absolute Gasteiger partial charge is 0.238 e. The van der Waals surface area contributed by atoms with Gasteiger partial charge in [-0.25, -0.2) is 0 Å². The standard InChI is InChI=1S/C15H20ClN3O/c16-13-3-1-2-4-14(13)18-15(20)9-17-11-7-8-19(10-11)12-5-6-12/h1-4,11-12,17H,5-10H2,(H,18,20). The molecule has 1 amide bonds. The van der Waals surface area contributed by atoms with Crippen LogP contribution in [0.3, 0.4) is 0 Å². The molecule has 1 saturated heterocycles. The molecular formula is C15H20ClN3O. The van der Waals surface area contributed by atoms with Crippen LogP contribution in [0.2, 0.25) is 5.02 Å². The summed E-state index contributed by atoms with van der Waals surface area (Å²) in [6.07, 6.45) is 3.83. The average molecular weight is 294 g/mol. The van der Waals surface area contributed by atoms with Crippen molar-refractivity contribution in [1.82, 2.24) is 10.2 Å². The molecule has 1 saturated carbocycles. The Bertz CT molecular complexity index is 490. The molecule has 1 aliphatic heterocycles. The van der Waals surface area contributed by atoms with Gasteiger partial charge in [-0.1, -0.05) is 23.7 Å². The van der Waals surface area contributed by atoms with E-state index >= 15 is 0 Å². The molecule has 3 rings (SSSR count). The first kappa shape index (κ1) is 13.9. The van der Waals surface area contributed by atoms with Crippen LogP contribution in [0.4, 0.5) is 5.69 Å². The lowest BCUT2D eigenvalue weighted by atomic mass is 10.2. The number of carbonyl (C=O) groups excluding carboxylic acids is 1. The average Bonchev–Trinajstić information content (AvgIpc) is 3.18. The summed E-state index contributed by atoms with van der Waals surface area (Å²) < 4.78 is 0. The first-order valence-electron chi connectivity index (χ1n) is 7.24. The van der Waals surface area contributed by atoms with Crippen LogP contribution in [0.15, 0.2) is 24.3 Å². The third-order valence-electron chi connectivity index (χ3n) is 3.98. The van der Waals surface area contributed by atoms with E-state index in [-0.39, 0.29) is 5.91 Å². The van der Waals surface area contributed by atoms with Gasteiger partial charge in [-0.15, -0.1) is 0 Å². The van der Waals surface area contributed by atoms with Crippen molar-refractivity contribution in [2.75, 3.05) is 25.0 Å². The van der Waals surface area contributed by atoms with Gasteiger partial charge in [-0.05, 0) is 31.4 Å². The molecule has 1 heterocycles. The van der Waals surface area contributed by atoms with Crippen molar-refractivity contribution in [3.8, 4) is 0 Å². The molecule has 5 heteroatoms. The molecule has 2 fully saturated rings. The zero-order valence-corrected chi connectivity index (χ0v) is 12.2. The molecular weight excluding hydrogens is 274 g/mol. The molecule has 2 N–H and O–H groups in total. The maximum Gasteiger partial charge on any atom is 0.238 e. The number of nitrogens with one attached hydrogen (secondary N) is 2. The lowest BCUT2D eigenvalue weighted by Gasteiger charge is -2.15. The van der Waals surface area contributed by atoms with Gasteiger partial charge >= 0.3 is 0 Å². The topological polar surface area (TPSA) is 44.4 Å². The van der Waals surface area contributed by atoms with Gasteiger partial charge < -0.3 is 10.6 Å². The van der Waals surface area contributed by atoms with Crippen LogP contribution in [-0.4, -0.2) is 42.5 Å². The maximum absolute atomic E-state index is 11.9. The lowest BCUT2D eigenvalue weighted by molar-refractivity contribution is -0.115. The summed E-state index contributed by atoms with van der Waals surface area (Å²) in [5, 5.41) is 6.74. The van der Waals surface area contributed by atoms with Crippen LogP contribution in [0.1, 0.15) is 19.3 Å². The summed E-state index contributed by atoms with van der Waals surface area (Å²) in [4.78, 5) is 14.4. The summed E-state index contributed by atoms with van der Waals surface area (Å²) in [5.41, 5.74) is 0.673. The fourth-order valence-electron chi connectivity index (χ4n) is 2.72. The number of para-hydroxylation sites is 1. The number of hydrogen-bond donors (Lipinski definition) is 2. The van der Waals surface area contributed by atoms with Crippen LogP contribution in [-0.2, 0) is 4.79 Å². The fraction of sp³-hybridized carbons (Fsp3) is 0.533. The van der Waals surface area contributed by atoms with Crippen molar-refractivity contribution in [3.05, 3.63) is 29.3 Å². The molecule has 20 heavy (non-hydrogen) atoms. The quantitative estimate of drug-likeness (QED) is 0.874. The number of likely N-dealkylation sites (tertiary alicyclic amines) is 1. The summed E-state index contributed by atoms with van der Waals surface area (Å²) in [5.74, 6) is -0.0389. The predicted molar refractivity (Wildman–Crippen MR) is 81.1 cm³/mol. The van der Waals surface area contributed by atoms with Crippen molar-refractivity contribution in [1.29, 1.82) is 0 Å². The molecule has 0 bridgehead atoms. The SMILES string of the molecule is O=C(CNC1CCN(C2CC2)C1)Nc1ccccc1Cl. The van der Waals surface area contributed by atoms with E-state index in [1.807, 2.05) is 18.2 Å². The van der Waals surface area contributed by atoms with Gasteiger partial charge in [0.2, 0.25) is 5.91 Å². The molecule has 1 atom stereocenters. The number of hydrogen-bond acceptors (Lipinski definition) is 3. The summed E-state index contributed by atoms with van der Waals surface area (Å²) >= 11 is 6.01. The molecule has 4 nitrogen and oxygen atoms in total. The monoisotopic (exact) mass is 293 g/mol. The second kappa shape index (κ2) is 6.12. The van der Waals surface area contributed by atoms with E-state index in [1.54, 1.807) is 6.07 Å². The van der Waals surface area contributed by atoms with E-state index < -0.39 is 0 Å². The van der Waals surface area contributed by atoms with E-state index in [4.69, 9.17) is 11.6 Å². The minimum atomic E-state index is -0.0389. The van der Waals surface area contributed by atoms with Crippen LogP contribution in [0, 0.1) is 0 Å². The maximum atomic E-state index is 11.9. The Morgan fingerprint density at radius 1 is 1.30 bits per heavy atom. The van der Waals surface area contributed by atoms with E-state index in [2.05, 4.69) is 15.5 Å². The molecule has 0 aromatic heterocycles. The second-order valence-electron chi connectivity index (χ2n) is 5.62. The van der Waals surface area contributed by atoms with E-state index in [0.29, 0.717) is 23.3 Å². The lowest BCUT2D eigenvalue weighted by Crippen LogP contribution is -2.38. The second-order valence-corrected chi connectivity index (χ2v) is 6.03. The molecule has 1 aromatic carbocycles. The number of halogens is 1. The third kappa shape index (κ3) is 3.51. The summed E-state index contributed by atoms with van der Waals surface area (Å²) in [6.45, 7) is 2.58. The van der Waals surface area contributed by atoms with Gasteiger partial charge in [0.1, 0.15) is 0 Å². The summed E-state index contributed by atoms with van der Waals surface area (Å²) in [7, 11) is 0.